The summed E-state index contributed by atoms with van der Waals surface area (Å²) < 4.78 is 5.58. The number of para-hydroxylation sites is 1. The van der Waals surface area contributed by atoms with Gasteiger partial charge in [-0.3, -0.25) is 9.59 Å². The second-order valence-corrected chi connectivity index (χ2v) is 5.68. The normalized spacial score (nSPS) is 17.3. The molecule has 0 aliphatic carbocycles. The zero-order valence-electron chi connectivity index (χ0n) is 13.2. The first kappa shape index (κ1) is 16.3. The molecule has 0 saturated heterocycles. The Balaban J connectivity index is 2.18. The Kier molecular flexibility index (Phi) is 4.71. The van der Waals surface area contributed by atoms with Crippen LogP contribution in [0.2, 0.25) is 0 Å². The van der Waals surface area contributed by atoms with Crippen molar-refractivity contribution in [2.75, 3.05) is 11.9 Å². The number of carbonyl (C=O) groups is 2. The van der Waals surface area contributed by atoms with Crippen LogP contribution in [0.25, 0.3) is 0 Å². The molecule has 1 heterocycles. The van der Waals surface area contributed by atoms with E-state index in [0.717, 1.165) is 12.8 Å². The molecule has 6 heteroatoms. The molecule has 1 unspecified atom stereocenters. The van der Waals surface area contributed by atoms with E-state index in [-0.39, 0.29) is 11.8 Å². The van der Waals surface area contributed by atoms with Crippen LogP contribution < -0.4 is 21.1 Å². The molecule has 0 bridgehead atoms. The predicted octanol–water partition coefficient (Wildman–Crippen LogP) is 1.65. The van der Waals surface area contributed by atoms with E-state index in [4.69, 9.17) is 10.5 Å². The van der Waals surface area contributed by atoms with Crippen LogP contribution in [-0.4, -0.2) is 30.0 Å². The molecule has 1 atom stereocenters. The van der Waals surface area contributed by atoms with Gasteiger partial charge < -0.3 is 21.1 Å². The smallest absolute Gasteiger partial charge is 0.265 e. The number of ether oxygens (including phenoxy) is 1. The number of rotatable bonds is 5. The molecule has 120 valence electrons. The first-order valence-corrected chi connectivity index (χ1v) is 7.58. The highest BCUT2D eigenvalue weighted by molar-refractivity contribution is 6.03. The van der Waals surface area contributed by atoms with Crippen LogP contribution in [0.1, 0.15) is 44.0 Å². The number of hydrogen-bond donors (Lipinski definition) is 3. The van der Waals surface area contributed by atoms with Gasteiger partial charge in [0.25, 0.3) is 11.8 Å². The third-order valence-corrected chi connectivity index (χ3v) is 4.19. The molecule has 1 aliphatic rings. The van der Waals surface area contributed by atoms with Crippen molar-refractivity contribution in [2.45, 2.75) is 45.3 Å². The van der Waals surface area contributed by atoms with Crippen molar-refractivity contribution in [3.05, 3.63) is 23.8 Å². The largest absolute Gasteiger partial charge is 0.478 e. The summed E-state index contributed by atoms with van der Waals surface area (Å²) in [7, 11) is 0. The van der Waals surface area contributed by atoms with E-state index in [1.165, 1.54) is 0 Å². The van der Waals surface area contributed by atoms with E-state index in [9.17, 15) is 9.59 Å². The summed E-state index contributed by atoms with van der Waals surface area (Å²) in [6.07, 6.45) is 0.932. The molecular weight excluding hydrogens is 282 g/mol. The molecule has 1 aromatic carbocycles. The maximum absolute atomic E-state index is 12.4. The van der Waals surface area contributed by atoms with Crippen LogP contribution in [-0.2, 0) is 4.79 Å². The molecule has 0 fully saturated rings. The molecule has 2 rings (SSSR count). The molecule has 0 radical (unpaired) electrons. The van der Waals surface area contributed by atoms with Crippen molar-refractivity contribution in [3.8, 4) is 5.75 Å². The second-order valence-electron chi connectivity index (χ2n) is 5.68. The molecule has 6 nitrogen and oxygen atoms in total. The minimum Gasteiger partial charge on any atom is -0.478 e. The van der Waals surface area contributed by atoms with Gasteiger partial charge in [-0.25, -0.2) is 0 Å². The van der Waals surface area contributed by atoms with Gasteiger partial charge in [-0.1, -0.05) is 19.9 Å². The van der Waals surface area contributed by atoms with E-state index in [0.29, 0.717) is 23.5 Å². The number of nitrogens with one attached hydrogen (secondary N) is 2. The van der Waals surface area contributed by atoms with Crippen LogP contribution in [0.4, 0.5) is 5.69 Å². The summed E-state index contributed by atoms with van der Waals surface area (Å²) in [4.78, 5) is 24.0. The van der Waals surface area contributed by atoms with Crippen LogP contribution in [0, 0.1) is 0 Å². The summed E-state index contributed by atoms with van der Waals surface area (Å²) >= 11 is 0. The highest BCUT2D eigenvalue weighted by Gasteiger charge is 2.28. The van der Waals surface area contributed by atoms with Gasteiger partial charge in [-0.05, 0) is 31.9 Å². The Morgan fingerprint density at radius 1 is 1.41 bits per heavy atom. The van der Waals surface area contributed by atoms with Gasteiger partial charge in [0.2, 0.25) is 0 Å². The summed E-state index contributed by atoms with van der Waals surface area (Å²) in [5, 5.41) is 5.59. The number of benzene rings is 1. The van der Waals surface area contributed by atoms with Crippen molar-refractivity contribution >= 4 is 17.5 Å². The van der Waals surface area contributed by atoms with Crippen LogP contribution >= 0.6 is 0 Å². The summed E-state index contributed by atoms with van der Waals surface area (Å²) in [5.41, 5.74) is 6.70. The van der Waals surface area contributed by atoms with E-state index < -0.39 is 11.6 Å². The lowest BCUT2D eigenvalue weighted by Gasteiger charge is -2.28. The number of amides is 2. The quantitative estimate of drug-likeness (QED) is 0.771. The van der Waals surface area contributed by atoms with Gasteiger partial charge in [0.15, 0.2) is 11.9 Å². The van der Waals surface area contributed by atoms with Crippen molar-refractivity contribution in [1.29, 1.82) is 0 Å². The maximum atomic E-state index is 12.4. The molecule has 4 N–H and O–H groups in total. The highest BCUT2D eigenvalue weighted by Crippen LogP contribution is 2.33. The van der Waals surface area contributed by atoms with Crippen LogP contribution in [0.15, 0.2) is 18.2 Å². The lowest BCUT2D eigenvalue weighted by Crippen LogP contribution is -2.49. The number of anilines is 1. The monoisotopic (exact) mass is 305 g/mol. The van der Waals surface area contributed by atoms with Crippen LogP contribution in [0.3, 0.4) is 0 Å². The fourth-order valence-corrected chi connectivity index (χ4v) is 2.26. The van der Waals surface area contributed by atoms with Crippen molar-refractivity contribution in [2.24, 2.45) is 5.73 Å². The highest BCUT2D eigenvalue weighted by atomic mass is 16.5. The zero-order chi connectivity index (χ0) is 16.3. The third kappa shape index (κ3) is 3.22. The summed E-state index contributed by atoms with van der Waals surface area (Å²) in [5.74, 6) is -0.0670. The Bertz CT molecular complexity index is 582. The Hall–Kier alpha value is -2.08. The van der Waals surface area contributed by atoms with Gasteiger partial charge in [-0.2, -0.15) is 0 Å². The van der Waals surface area contributed by atoms with Crippen molar-refractivity contribution in [1.82, 2.24) is 5.32 Å². The van der Waals surface area contributed by atoms with Gasteiger partial charge in [0.05, 0.1) is 11.3 Å². The topological polar surface area (TPSA) is 93.4 Å². The Morgan fingerprint density at radius 2 is 2.09 bits per heavy atom. The minimum atomic E-state index is -0.624. The first-order valence-electron chi connectivity index (χ1n) is 7.58. The molecule has 22 heavy (non-hydrogen) atoms. The number of hydrogen-bond acceptors (Lipinski definition) is 4. The Labute approximate surface area is 130 Å². The zero-order valence-corrected chi connectivity index (χ0v) is 13.2. The minimum absolute atomic E-state index is 0.219. The van der Waals surface area contributed by atoms with Crippen molar-refractivity contribution < 1.29 is 14.3 Å². The number of fused-ring (bicyclic) bond motifs is 1. The predicted molar refractivity (Wildman–Crippen MR) is 85.0 cm³/mol. The second kappa shape index (κ2) is 6.36. The summed E-state index contributed by atoms with van der Waals surface area (Å²) in [6, 6.07) is 5.10. The lowest BCUT2D eigenvalue weighted by molar-refractivity contribution is -0.122. The van der Waals surface area contributed by atoms with Crippen LogP contribution in [0.5, 0.6) is 5.75 Å². The van der Waals surface area contributed by atoms with E-state index in [1.54, 1.807) is 25.1 Å². The standard InChI is InChI=1S/C16H23N3O3/c1-4-16(17,5-2)9-18-15(21)11-7-6-8-12-13(11)22-10(3)14(20)19-12/h6-8,10H,4-5,9,17H2,1-3H3,(H,18,21)(H,19,20). The van der Waals surface area contributed by atoms with E-state index in [1.807, 2.05) is 13.8 Å². The van der Waals surface area contributed by atoms with Gasteiger partial charge >= 0.3 is 0 Å². The summed E-state index contributed by atoms with van der Waals surface area (Å²) in [6.45, 7) is 6.04. The SMILES string of the molecule is CCC(N)(CC)CNC(=O)c1cccc2c1OC(C)C(=O)N2. The average molecular weight is 305 g/mol. The fraction of sp³-hybridized carbons (Fsp3) is 0.500. The number of nitrogens with two attached hydrogens (primary N) is 1. The van der Waals surface area contributed by atoms with Crippen molar-refractivity contribution in [3.63, 3.8) is 0 Å². The maximum Gasteiger partial charge on any atom is 0.265 e. The Morgan fingerprint density at radius 3 is 2.73 bits per heavy atom. The van der Waals surface area contributed by atoms with Gasteiger partial charge in [-0.15, -0.1) is 0 Å². The molecule has 0 saturated carbocycles. The first-order chi connectivity index (χ1) is 10.4. The molecule has 1 aliphatic heterocycles. The lowest BCUT2D eigenvalue weighted by atomic mass is 9.94. The molecule has 0 aromatic heterocycles. The molecular formula is C16H23N3O3. The van der Waals surface area contributed by atoms with Gasteiger partial charge in [0.1, 0.15) is 0 Å². The van der Waals surface area contributed by atoms with E-state index in [2.05, 4.69) is 10.6 Å². The fourth-order valence-electron chi connectivity index (χ4n) is 2.26. The molecule has 0 spiro atoms. The molecule has 2 amide bonds. The average Bonchev–Trinajstić information content (AvgIpc) is 2.53. The van der Waals surface area contributed by atoms with E-state index >= 15 is 0 Å². The molecule has 1 aromatic rings. The number of carbonyl (C=O) groups excluding carboxylic acids is 2. The third-order valence-electron chi connectivity index (χ3n) is 4.19. The van der Waals surface area contributed by atoms with Gasteiger partial charge in [0, 0.05) is 12.1 Å².